The molecule has 0 fully saturated rings. The minimum atomic E-state index is -0.896. The maximum absolute atomic E-state index is 11.2. The van der Waals surface area contributed by atoms with Crippen molar-refractivity contribution in [2.45, 2.75) is 26.7 Å². The first kappa shape index (κ1) is 15.7. The first-order valence-electron chi connectivity index (χ1n) is 6.34. The summed E-state index contributed by atoms with van der Waals surface area (Å²) in [4.78, 5) is 20.0. The summed E-state index contributed by atoms with van der Waals surface area (Å²) in [5.41, 5.74) is 2.69. The van der Waals surface area contributed by atoms with Crippen molar-refractivity contribution in [3.8, 4) is 11.4 Å². The van der Waals surface area contributed by atoms with Crippen molar-refractivity contribution in [2.75, 3.05) is 0 Å². The van der Waals surface area contributed by atoms with Gasteiger partial charge in [0.25, 0.3) is 0 Å². The van der Waals surface area contributed by atoms with Crippen molar-refractivity contribution in [3.63, 3.8) is 0 Å². The Balaban J connectivity index is 2.53. The Morgan fingerprint density at radius 3 is 2.19 bits per heavy atom. The summed E-state index contributed by atoms with van der Waals surface area (Å²) < 4.78 is 0. The molecule has 1 aromatic carbocycles. The van der Waals surface area contributed by atoms with Crippen molar-refractivity contribution in [2.24, 2.45) is 0 Å². The zero-order valence-corrected chi connectivity index (χ0v) is 13.3. The van der Waals surface area contributed by atoms with Gasteiger partial charge in [-0.1, -0.05) is 23.2 Å². The molecule has 1 aromatic heterocycles. The second kappa shape index (κ2) is 6.00. The fraction of sp³-hybridized carbons (Fsp3) is 0.267. The topological polar surface area (TPSA) is 63.1 Å². The van der Waals surface area contributed by atoms with Gasteiger partial charge in [-0.25, -0.2) is 9.97 Å². The number of carboxylic acids is 1. The van der Waals surface area contributed by atoms with Crippen LogP contribution >= 0.6 is 23.2 Å². The summed E-state index contributed by atoms with van der Waals surface area (Å²) >= 11 is 11.9. The third-order valence-corrected chi connectivity index (χ3v) is 4.05. The zero-order chi connectivity index (χ0) is 15.7. The van der Waals surface area contributed by atoms with E-state index in [2.05, 4.69) is 9.97 Å². The van der Waals surface area contributed by atoms with E-state index in [1.807, 2.05) is 0 Å². The maximum Gasteiger partial charge on any atom is 0.310 e. The molecule has 6 heteroatoms. The first-order valence-corrected chi connectivity index (χ1v) is 7.10. The van der Waals surface area contributed by atoms with E-state index in [0.717, 1.165) is 5.56 Å². The summed E-state index contributed by atoms with van der Waals surface area (Å²) in [6.07, 6.45) is 0. The number of aliphatic carboxylic acids is 1. The van der Waals surface area contributed by atoms with Crippen LogP contribution in [0.15, 0.2) is 18.2 Å². The number of aryl methyl sites for hydroxylation is 2. The number of hydrogen-bond donors (Lipinski definition) is 1. The van der Waals surface area contributed by atoms with Gasteiger partial charge in [0.1, 0.15) is 0 Å². The second-order valence-corrected chi connectivity index (χ2v) is 5.63. The van der Waals surface area contributed by atoms with Crippen molar-refractivity contribution in [1.29, 1.82) is 0 Å². The maximum atomic E-state index is 11.2. The lowest BCUT2D eigenvalue weighted by molar-refractivity contribution is -0.138. The Morgan fingerprint density at radius 2 is 1.71 bits per heavy atom. The molecule has 0 bridgehead atoms. The van der Waals surface area contributed by atoms with E-state index in [1.165, 1.54) is 0 Å². The summed E-state index contributed by atoms with van der Waals surface area (Å²) in [6.45, 7) is 5.19. The molecule has 2 rings (SSSR count). The minimum absolute atomic E-state index is 0.427. The van der Waals surface area contributed by atoms with Gasteiger partial charge in [0.05, 0.1) is 16.0 Å². The van der Waals surface area contributed by atoms with Gasteiger partial charge >= 0.3 is 5.97 Å². The van der Waals surface area contributed by atoms with E-state index in [-0.39, 0.29) is 0 Å². The molecule has 0 saturated heterocycles. The lowest BCUT2D eigenvalue weighted by Gasteiger charge is -2.14. The second-order valence-electron chi connectivity index (χ2n) is 4.82. The number of rotatable bonds is 3. The standard InChI is InChI=1S/C15H14Cl2N2O2/c1-7(15(20)21)13-8(2)18-14(19-9(13)3)10-4-5-11(16)12(17)6-10/h4-7H,1-3H3,(H,20,21). The highest BCUT2D eigenvalue weighted by Gasteiger charge is 2.21. The molecular weight excluding hydrogens is 311 g/mol. The molecule has 0 radical (unpaired) electrons. The van der Waals surface area contributed by atoms with Crippen molar-refractivity contribution in [3.05, 3.63) is 45.2 Å². The van der Waals surface area contributed by atoms with Crippen LogP contribution in [0.1, 0.15) is 29.8 Å². The minimum Gasteiger partial charge on any atom is -0.481 e. The molecular formula is C15H14Cl2N2O2. The fourth-order valence-corrected chi connectivity index (χ4v) is 2.54. The third kappa shape index (κ3) is 3.17. The van der Waals surface area contributed by atoms with Crippen LogP contribution in [-0.2, 0) is 4.79 Å². The fourth-order valence-electron chi connectivity index (χ4n) is 2.24. The number of halogens is 2. The average molecular weight is 325 g/mol. The van der Waals surface area contributed by atoms with E-state index in [9.17, 15) is 4.79 Å². The molecule has 2 aromatic rings. The molecule has 1 N–H and O–H groups in total. The Morgan fingerprint density at radius 1 is 1.14 bits per heavy atom. The van der Waals surface area contributed by atoms with E-state index < -0.39 is 11.9 Å². The number of carboxylic acid groups (broad SMARTS) is 1. The van der Waals surface area contributed by atoms with Gasteiger partial charge in [-0.2, -0.15) is 0 Å². The highest BCUT2D eigenvalue weighted by molar-refractivity contribution is 6.42. The monoisotopic (exact) mass is 324 g/mol. The molecule has 1 atom stereocenters. The van der Waals surface area contributed by atoms with Gasteiger partial charge in [-0.05, 0) is 39.0 Å². The van der Waals surface area contributed by atoms with Crippen molar-refractivity contribution >= 4 is 29.2 Å². The van der Waals surface area contributed by atoms with Crippen LogP contribution in [0, 0.1) is 13.8 Å². The smallest absolute Gasteiger partial charge is 0.310 e. The lowest BCUT2D eigenvalue weighted by atomic mass is 9.98. The molecule has 1 unspecified atom stereocenters. The molecule has 110 valence electrons. The Labute approximate surface area is 132 Å². The van der Waals surface area contributed by atoms with Gasteiger partial charge in [0.15, 0.2) is 5.82 Å². The molecule has 0 aliphatic carbocycles. The van der Waals surface area contributed by atoms with Gasteiger partial charge in [0, 0.05) is 22.5 Å². The Bertz CT molecular complexity index is 694. The molecule has 0 amide bonds. The molecule has 1 heterocycles. The molecule has 0 aliphatic rings. The predicted octanol–water partition coefficient (Wildman–Crippen LogP) is 4.26. The van der Waals surface area contributed by atoms with Gasteiger partial charge in [-0.3, -0.25) is 4.79 Å². The molecule has 21 heavy (non-hydrogen) atoms. The van der Waals surface area contributed by atoms with Crippen LogP contribution in [0.2, 0.25) is 10.0 Å². The van der Waals surface area contributed by atoms with Crippen molar-refractivity contribution in [1.82, 2.24) is 9.97 Å². The van der Waals surface area contributed by atoms with Gasteiger partial charge in [0.2, 0.25) is 0 Å². The highest BCUT2D eigenvalue weighted by Crippen LogP contribution is 2.29. The number of aromatic nitrogens is 2. The van der Waals surface area contributed by atoms with Gasteiger partial charge < -0.3 is 5.11 Å². The molecule has 0 spiro atoms. The highest BCUT2D eigenvalue weighted by atomic mass is 35.5. The van der Waals surface area contributed by atoms with Crippen LogP contribution in [0.3, 0.4) is 0 Å². The number of hydrogen-bond acceptors (Lipinski definition) is 3. The summed E-state index contributed by atoms with van der Waals surface area (Å²) in [5.74, 6) is -1.04. The van der Waals surface area contributed by atoms with Crippen LogP contribution in [0.5, 0.6) is 0 Å². The average Bonchev–Trinajstić information content (AvgIpc) is 2.40. The SMILES string of the molecule is Cc1nc(-c2ccc(Cl)c(Cl)c2)nc(C)c1C(C)C(=O)O. The van der Waals surface area contributed by atoms with Gasteiger partial charge in [-0.15, -0.1) is 0 Å². The van der Waals surface area contributed by atoms with Crippen LogP contribution in [-0.4, -0.2) is 21.0 Å². The summed E-state index contributed by atoms with van der Waals surface area (Å²) in [5, 5.41) is 10.0. The number of nitrogens with zero attached hydrogens (tertiary/aromatic N) is 2. The van der Waals surface area contributed by atoms with E-state index in [0.29, 0.717) is 32.8 Å². The van der Waals surface area contributed by atoms with Crippen LogP contribution in [0.25, 0.3) is 11.4 Å². The summed E-state index contributed by atoms with van der Waals surface area (Å²) in [7, 11) is 0. The first-order chi connectivity index (χ1) is 9.81. The molecule has 0 aliphatic heterocycles. The normalized spacial score (nSPS) is 12.2. The molecule has 0 saturated carbocycles. The third-order valence-electron chi connectivity index (χ3n) is 3.31. The lowest BCUT2D eigenvalue weighted by Crippen LogP contribution is -2.13. The van der Waals surface area contributed by atoms with Crippen LogP contribution < -0.4 is 0 Å². The van der Waals surface area contributed by atoms with Crippen molar-refractivity contribution < 1.29 is 9.90 Å². The largest absolute Gasteiger partial charge is 0.481 e. The zero-order valence-electron chi connectivity index (χ0n) is 11.8. The Kier molecular flexibility index (Phi) is 4.49. The van der Waals surface area contributed by atoms with Crippen LogP contribution in [0.4, 0.5) is 0 Å². The summed E-state index contributed by atoms with van der Waals surface area (Å²) in [6, 6.07) is 5.15. The van der Waals surface area contributed by atoms with E-state index >= 15 is 0 Å². The quantitative estimate of drug-likeness (QED) is 0.916. The molecule has 4 nitrogen and oxygen atoms in total. The van der Waals surface area contributed by atoms with E-state index in [4.69, 9.17) is 28.3 Å². The number of benzene rings is 1. The predicted molar refractivity (Wildman–Crippen MR) is 83.0 cm³/mol. The number of carbonyl (C=O) groups is 1. The van der Waals surface area contributed by atoms with E-state index in [1.54, 1.807) is 39.0 Å². The Hall–Kier alpha value is -1.65.